The van der Waals surface area contributed by atoms with Gasteiger partial charge in [-0.3, -0.25) is 0 Å². The van der Waals surface area contributed by atoms with Gasteiger partial charge in [0.05, 0.1) is 0 Å². The molecule has 0 amide bonds. The quantitative estimate of drug-likeness (QED) is 0.112. The van der Waals surface area contributed by atoms with Gasteiger partial charge in [-0.15, -0.1) is 22.7 Å². The number of rotatable bonds is 13. The molecule has 8 nitrogen and oxygen atoms in total. The van der Waals surface area contributed by atoms with Crippen LogP contribution in [0.15, 0.2) is 373 Å². The molecule has 22 rings (SSSR count). The molecule has 0 aliphatic heterocycles. The number of hydrogen-bond acceptors (Lipinski definition) is 10. The fourth-order valence-corrected chi connectivity index (χ4v) is 18.4. The van der Waals surface area contributed by atoms with E-state index in [0.717, 1.165) is 164 Å². The number of benzene rings is 16. The molecule has 0 atom stereocenters. The standard InChI is InChI=1S/C102H60N6O2S2/c1-5-21-61(22-6-1)75-33-13-14-34-76(75)71-31-17-29-65(53-71)69-45-51-91-85(57-69)96-81(37-20-40-94(96)112-91)102-106-98(64-27-11-4-12-28-64)104-100(108-102)74-42-48-79-83-56-68(43-49-89(83)110-90(79)60-74)67-41-47-77(82(55-67)62-23-7-2-8-24-62)72-32-18-30-66(54-72)70-46-52-92-86(58-70)95-80(36-19-39-93(95)111-92)101-105-97(63-25-9-3-10-26-63)103-99(107-101)73-44-50-88-84(59-73)78-35-15-16-38-87(78)109-88/h1-60H. The highest BCUT2D eigenvalue weighted by molar-refractivity contribution is 7.26. The lowest BCUT2D eigenvalue weighted by atomic mass is 9.89. The number of nitrogens with zero attached hydrogens (tertiary/aromatic N) is 6. The molecule has 6 aromatic heterocycles. The number of thiophene rings is 2. The molecular weight excluding hydrogens is 1410 g/mol. The second kappa shape index (κ2) is 26.8. The van der Waals surface area contributed by atoms with Crippen LogP contribution < -0.4 is 0 Å². The number of fused-ring (bicyclic) bond motifs is 12. The molecule has 0 spiro atoms. The molecule has 0 unspecified atom stereocenters. The van der Waals surface area contributed by atoms with E-state index in [-0.39, 0.29) is 0 Å². The van der Waals surface area contributed by atoms with E-state index in [1.807, 2.05) is 66.7 Å². The van der Waals surface area contributed by atoms with Gasteiger partial charge < -0.3 is 8.83 Å². The summed E-state index contributed by atoms with van der Waals surface area (Å²) in [6, 6.07) is 129. The Labute approximate surface area is 651 Å². The van der Waals surface area contributed by atoms with E-state index in [1.165, 1.54) is 31.7 Å². The Morgan fingerprint density at radius 2 is 0.500 bits per heavy atom. The Bertz CT molecular complexity index is 7520. The smallest absolute Gasteiger partial charge is 0.164 e. The molecule has 0 radical (unpaired) electrons. The minimum absolute atomic E-state index is 0.557. The van der Waals surface area contributed by atoms with Crippen molar-refractivity contribution in [1.29, 1.82) is 0 Å². The van der Waals surface area contributed by atoms with Crippen LogP contribution in [0.5, 0.6) is 0 Å². The summed E-state index contributed by atoms with van der Waals surface area (Å²) in [4.78, 5) is 31.6. The monoisotopic (exact) mass is 1460 g/mol. The van der Waals surface area contributed by atoms with E-state index < -0.39 is 0 Å². The molecule has 0 aliphatic carbocycles. The predicted octanol–water partition coefficient (Wildman–Crippen LogP) is 28.3. The summed E-state index contributed by atoms with van der Waals surface area (Å²) in [5.41, 5.74) is 24.6. The molecular formula is C102H60N6O2S2. The molecule has 6 heterocycles. The fourth-order valence-electron chi connectivity index (χ4n) is 16.2. The first-order chi connectivity index (χ1) is 55.4. The van der Waals surface area contributed by atoms with Crippen LogP contribution in [0.2, 0.25) is 0 Å². The van der Waals surface area contributed by atoms with Gasteiger partial charge in [-0.25, -0.2) is 29.9 Å². The molecule has 0 saturated carbocycles. The van der Waals surface area contributed by atoms with Crippen molar-refractivity contribution in [2.75, 3.05) is 0 Å². The first-order valence-electron chi connectivity index (χ1n) is 37.4. The SMILES string of the molecule is c1ccc(-c2nc(-c3ccc4c(c3)oc3ccc(-c5ccc(-c6cccc(-c7ccc8sc9cccc(-c%10nc(-c%11ccccc%11)nc(-c%11ccc%12oc%13ccccc%13c%12c%11)n%10)c9c8c7)c6)c(-c6ccccc6)c5)cc34)nc(-c3cccc4sc5ccc(-c6cccc(-c7ccccc7-c7ccccc7)c6)cc5c34)n2)cc1. The molecule has 112 heavy (non-hydrogen) atoms. The van der Waals surface area contributed by atoms with E-state index in [0.29, 0.717) is 34.9 Å². The van der Waals surface area contributed by atoms with Crippen LogP contribution in [0, 0.1) is 0 Å². The first-order valence-corrected chi connectivity index (χ1v) is 39.1. The van der Waals surface area contributed by atoms with Gasteiger partial charge in [0.2, 0.25) is 0 Å². The zero-order valence-corrected chi connectivity index (χ0v) is 61.6. The summed E-state index contributed by atoms with van der Waals surface area (Å²) in [6.45, 7) is 0. The van der Waals surface area contributed by atoms with Crippen molar-refractivity contribution in [2.24, 2.45) is 0 Å². The maximum atomic E-state index is 6.80. The van der Waals surface area contributed by atoms with Crippen molar-refractivity contribution in [3.05, 3.63) is 364 Å². The van der Waals surface area contributed by atoms with Crippen molar-refractivity contribution in [3.8, 4) is 146 Å². The zero-order valence-electron chi connectivity index (χ0n) is 60.0. The fraction of sp³-hybridized carbons (Fsp3) is 0. The number of para-hydroxylation sites is 1. The lowest BCUT2D eigenvalue weighted by Gasteiger charge is -2.14. The molecule has 0 N–H and O–H groups in total. The summed E-state index contributed by atoms with van der Waals surface area (Å²) in [6.07, 6.45) is 0. The molecule has 22 aromatic rings. The van der Waals surface area contributed by atoms with E-state index in [2.05, 4.69) is 297 Å². The normalized spacial score (nSPS) is 11.8. The Morgan fingerprint density at radius 3 is 1.06 bits per heavy atom. The molecule has 0 bridgehead atoms. The van der Waals surface area contributed by atoms with Crippen molar-refractivity contribution < 1.29 is 8.83 Å². The minimum Gasteiger partial charge on any atom is -0.456 e. The maximum absolute atomic E-state index is 6.80. The number of hydrogen-bond donors (Lipinski definition) is 0. The second-order valence-electron chi connectivity index (χ2n) is 28.4. The highest BCUT2D eigenvalue weighted by atomic mass is 32.1. The van der Waals surface area contributed by atoms with Crippen molar-refractivity contribution in [3.63, 3.8) is 0 Å². The molecule has 16 aromatic carbocycles. The van der Waals surface area contributed by atoms with E-state index >= 15 is 0 Å². The van der Waals surface area contributed by atoms with Gasteiger partial charge in [-0.1, -0.05) is 261 Å². The van der Waals surface area contributed by atoms with Gasteiger partial charge in [0, 0.05) is 95.3 Å². The molecule has 0 aliphatic rings. The number of furan rings is 2. The average Bonchev–Trinajstić information content (AvgIpc) is 1.78. The predicted molar refractivity (Wildman–Crippen MR) is 464 cm³/mol. The Morgan fingerprint density at radius 1 is 0.161 bits per heavy atom. The van der Waals surface area contributed by atoms with E-state index in [4.69, 9.17) is 38.7 Å². The van der Waals surface area contributed by atoms with Crippen molar-refractivity contribution in [1.82, 2.24) is 29.9 Å². The van der Waals surface area contributed by atoms with Gasteiger partial charge in [-0.2, -0.15) is 0 Å². The summed E-state index contributed by atoms with van der Waals surface area (Å²) >= 11 is 3.57. The third kappa shape index (κ3) is 11.4. The first kappa shape index (κ1) is 64.7. The third-order valence-corrected chi connectivity index (χ3v) is 23.9. The Kier molecular flexibility index (Phi) is 15.5. The van der Waals surface area contributed by atoms with Crippen LogP contribution in [-0.2, 0) is 0 Å². The lowest BCUT2D eigenvalue weighted by Crippen LogP contribution is -2.00. The maximum Gasteiger partial charge on any atom is 0.164 e. The van der Waals surface area contributed by atoms with Gasteiger partial charge in [0.15, 0.2) is 34.9 Å². The highest BCUT2D eigenvalue weighted by Crippen LogP contribution is 2.47. The zero-order chi connectivity index (χ0) is 73.7. The van der Waals surface area contributed by atoms with Gasteiger partial charge >= 0.3 is 0 Å². The molecule has 522 valence electrons. The second-order valence-corrected chi connectivity index (χ2v) is 30.5. The molecule has 10 heteroatoms. The van der Waals surface area contributed by atoms with E-state index in [1.54, 1.807) is 22.7 Å². The molecule has 0 saturated heterocycles. The Hall–Kier alpha value is -14.4. The topological polar surface area (TPSA) is 104 Å². The van der Waals surface area contributed by atoms with Crippen LogP contribution in [0.4, 0.5) is 0 Å². The Balaban J connectivity index is 0.595. The van der Waals surface area contributed by atoms with Gasteiger partial charge in [-0.05, 0) is 181 Å². The van der Waals surface area contributed by atoms with Crippen LogP contribution in [0.3, 0.4) is 0 Å². The van der Waals surface area contributed by atoms with Gasteiger partial charge in [0.1, 0.15) is 22.3 Å². The van der Waals surface area contributed by atoms with Crippen LogP contribution in [0.1, 0.15) is 0 Å². The van der Waals surface area contributed by atoms with Crippen molar-refractivity contribution in [2.45, 2.75) is 0 Å². The van der Waals surface area contributed by atoms with Gasteiger partial charge in [0.25, 0.3) is 0 Å². The van der Waals surface area contributed by atoms with Crippen LogP contribution in [-0.4, -0.2) is 29.9 Å². The third-order valence-electron chi connectivity index (χ3n) is 21.6. The van der Waals surface area contributed by atoms with Crippen LogP contribution >= 0.6 is 22.7 Å². The highest BCUT2D eigenvalue weighted by Gasteiger charge is 2.23. The lowest BCUT2D eigenvalue weighted by molar-refractivity contribution is 0.668. The molecule has 0 fully saturated rings. The largest absolute Gasteiger partial charge is 0.456 e. The number of aromatic nitrogens is 6. The minimum atomic E-state index is 0.557. The van der Waals surface area contributed by atoms with E-state index in [9.17, 15) is 0 Å². The van der Waals surface area contributed by atoms with Crippen molar-refractivity contribution >= 4 is 107 Å². The summed E-state index contributed by atoms with van der Waals surface area (Å²) in [5.74, 6) is 3.56. The van der Waals surface area contributed by atoms with Crippen LogP contribution in [0.25, 0.3) is 230 Å². The summed E-state index contributed by atoms with van der Waals surface area (Å²) < 4.78 is 17.7. The summed E-state index contributed by atoms with van der Waals surface area (Å²) in [7, 11) is 0. The average molecular weight is 1470 g/mol. The summed E-state index contributed by atoms with van der Waals surface area (Å²) in [5, 5.41) is 8.62.